The van der Waals surface area contributed by atoms with Crippen molar-refractivity contribution >= 4 is 28.1 Å². The van der Waals surface area contributed by atoms with Crippen LogP contribution in [0.5, 0.6) is 5.19 Å². The number of halogens is 3. The predicted octanol–water partition coefficient (Wildman–Crippen LogP) is 4.95. The Balaban J connectivity index is 1.31. The Morgan fingerprint density at radius 2 is 2.17 bits per heavy atom. The number of hydrogen-bond donors (Lipinski definition) is 1. The molecule has 30 heavy (non-hydrogen) atoms. The van der Waals surface area contributed by atoms with Gasteiger partial charge < -0.3 is 14.6 Å². The summed E-state index contributed by atoms with van der Waals surface area (Å²) >= 11 is 1.01. The first kappa shape index (κ1) is 20.7. The molecular weight excluding hydrogens is 415 g/mol. The minimum atomic E-state index is -4.41. The van der Waals surface area contributed by atoms with Gasteiger partial charge >= 0.3 is 6.18 Å². The number of carbonyl (C=O) groups excluding carboxylic acids is 1. The Morgan fingerprint density at radius 3 is 2.93 bits per heavy atom. The molecule has 0 unspecified atom stereocenters. The zero-order valence-electron chi connectivity index (χ0n) is 16.6. The smallest absolute Gasteiger partial charge is 0.422 e. The van der Waals surface area contributed by atoms with E-state index in [9.17, 15) is 18.0 Å². The number of benzene rings is 1. The summed E-state index contributed by atoms with van der Waals surface area (Å²) in [6, 6.07) is 7.91. The lowest BCUT2D eigenvalue weighted by Gasteiger charge is -2.11. The van der Waals surface area contributed by atoms with Gasteiger partial charge in [0, 0.05) is 36.8 Å². The molecule has 1 saturated carbocycles. The lowest BCUT2D eigenvalue weighted by atomic mass is 10.1. The first-order valence-electron chi connectivity index (χ1n) is 9.70. The van der Waals surface area contributed by atoms with Gasteiger partial charge in [0.25, 0.3) is 5.19 Å². The molecule has 2 aromatic heterocycles. The molecule has 0 aliphatic heterocycles. The molecule has 1 aliphatic rings. The van der Waals surface area contributed by atoms with E-state index < -0.39 is 12.8 Å². The third-order valence-electron chi connectivity index (χ3n) is 5.36. The van der Waals surface area contributed by atoms with Crippen molar-refractivity contribution < 1.29 is 22.7 Å². The van der Waals surface area contributed by atoms with Crippen molar-refractivity contribution in [3.05, 3.63) is 47.1 Å². The first-order chi connectivity index (χ1) is 14.2. The highest BCUT2D eigenvalue weighted by Gasteiger charge is 2.41. The Labute approximate surface area is 175 Å². The summed E-state index contributed by atoms with van der Waals surface area (Å²) in [4.78, 5) is 17.0. The summed E-state index contributed by atoms with van der Waals surface area (Å²) in [5.74, 6) is 0.611. The van der Waals surface area contributed by atoms with Gasteiger partial charge in [0.05, 0.1) is 10.9 Å². The van der Waals surface area contributed by atoms with E-state index in [1.54, 1.807) is 6.92 Å². The van der Waals surface area contributed by atoms with Crippen LogP contribution < -0.4 is 10.1 Å². The van der Waals surface area contributed by atoms with Crippen LogP contribution in [0.2, 0.25) is 0 Å². The van der Waals surface area contributed by atoms with E-state index in [0.717, 1.165) is 17.8 Å². The fourth-order valence-corrected chi connectivity index (χ4v) is 4.58. The summed E-state index contributed by atoms with van der Waals surface area (Å²) in [7, 11) is 2.03. The van der Waals surface area contributed by atoms with E-state index in [1.165, 1.54) is 22.7 Å². The van der Waals surface area contributed by atoms with Crippen molar-refractivity contribution in [3.63, 3.8) is 0 Å². The summed E-state index contributed by atoms with van der Waals surface area (Å²) in [6.45, 7) is 0.409. The van der Waals surface area contributed by atoms with Crippen molar-refractivity contribution in [2.24, 2.45) is 13.0 Å². The molecular formula is C21H22F3N3O2S. The van der Waals surface area contributed by atoms with Crippen LogP contribution in [-0.4, -0.2) is 28.2 Å². The molecule has 1 amide bonds. The molecule has 4 rings (SSSR count). The zero-order chi connectivity index (χ0) is 21.5. The summed E-state index contributed by atoms with van der Waals surface area (Å²) in [5, 5.41) is 4.10. The number of aryl methyl sites for hydroxylation is 1. The Hall–Kier alpha value is -2.55. The number of nitrogens with one attached hydrogen (secondary N) is 1. The molecule has 2 heterocycles. The zero-order valence-corrected chi connectivity index (χ0v) is 17.4. The minimum absolute atomic E-state index is 0.0540. The highest BCUT2D eigenvalue weighted by atomic mass is 32.1. The van der Waals surface area contributed by atoms with Gasteiger partial charge in [-0.2, -0.15) is 13.2 Å². The second kappa shape index (κ2) is 7.94. The Morgan fingerprint density at radius 1 is 1.40 bits per heavy atom. The van der Waals surface area contributed by atoms with Crippen molar-refractivity contribution in [1.82, 2.24) is 14.9 Å². The first-order valence-corrected chi connectivity index (χ1v) is 10.5. The topological polar surface area (TPSA) is 56.2 Å². The number of carbonyl (C=O) groups is 1. The van der Waals surface area contributed by atoms with E-state index in [0.29, 0.717) is 23.1 Å². The van der Waals surface area contributed by atoms with E-state index in [-0.39, 0.29) is 17.1 Å². The minimum Gasteiger partial charge on any atom is -0.460 e. The summed E-state index contributed by atoms with van der Waals surface area (Å²) in [5.41, 5.74) is 2.47. The summed E-state index contributed by atoms with van der Waals surface area (Å²) < 4.78 is 43.5. The van der Waals surface area contributed by atoms with Crippen LogP contribution in [0.25, 0.3) is 10.9 Å². The van der Waals surface area contributed by atoms with Gasteiger partial charge in [-0.15, -0.1) is 0 Å². The van der Waals surface area contributed by atoms with Crippen molar-refractivity contribution in [1.29, 1.82) is 0 Å². The number of rotatable bonds is 7. The number of thiazole rings is 1. The lowest BCUT2D eigenvalue weighted by Crippen LogP contribution is -2.26. The number of nitrogens with zero attached hydrogens (tertiary/aromatic N) is 2. The highest BCUT2D eigenvalue weighted by molar-refractivity contribution is 7.13. The molecule has 5 nitrogen and oxygen atoms in total. The van der Waals surface area contributed by atoms with Crippen molar-refractivity contribution in [2.75, 3.05) is 6.61 Å². The van der Waals surface area contributed by atoms with Crippen LogP contribution in [0.1, 0.15) is 42.2 Å². The maximum atomic E-state index is 12.5. The Bertz CT molecular complexity index is 1060. The molecule has 1 aromatic carbocycles. The highest BCUT2D eigenvalue weighted by Crippen LogP contribution is 2.51. The van der Waals surface area contributed by atoms with Crippen LogP contribution in [0.15, 0.2) is 36.7 Å². The number of alkyl halides is 3. The van der Waals surface area contributed by atoms with Gasteiger partial charge in [0.15, 0.2) is 6.61 Å². The molecule has 1 aliphatic carbocycles. The average Bonchev–Trinajstić information content (AvgIpc) is 3.12. The molecule has 9 heteroatoms. The number of para-hydroxylation sites is 1. The second-order valence-electron chi connectivity index (χ2n) is 7.74. The predicted molar refractivity (Wildman–Crippen MR) is 109 cm³/mol. The Kier molecular flexibility index (Phi) is 5.48. The lowest BCUT2D eigenvalue weighted by molar-refractivity contribution is -0.153. The molecule has 1 fully saturated rings. The average molecular weight is 437 g/mol. The molecule has 0 bridgehead atoms. The molecule has 0 radical (unpaired) electrons. The molecule has 0 saturated heterocycles. The van der Waals surface area contributed by atoms with Crippen molar-refractivity contribution in [2.45, 2.75) is 37.9 Å². The third-order valence-corrected chi connectivity index (χ3v) is 6.46. The number of fused-ring (bicyclic) bond motifs is 1. The van der Waals surface area contributed by atoms with Crippen LogP contribution in [0.4, 0.5) is 13.2 Å². The molecule has 3 atom stereocenters. The maximum absolute atomic E-state index is 12.5. The molecule has 3 aromatic rings. The quantitative estimate of drug-likeness (QED) is 0.569. The third kappa shape index (κ3) is 4.61. The second-order valence-corrected chi connectivity index (χ2v) is 8.77. The largest absolute Gasteiger partial charge is 0.460 e. The van der Waals surface area contributed by atoms with E-state index in [2.05, 4.69) is 37.9 Å². The normalized spacial score (nSPS) is 19.6. The molecule has 1 N–H and O–H groups in total. The van der Waals surface area contributed by atoms with Gasteiger partial charge in [-0.25, -0.2) is 4.98 Å². The molecule has 0 spiro atoms. The van der Waals surface area contributed by atoms with Gasteiger partial charge in [-0.3, -0.25) is 4.79 Å². The standard InChI is InChI=1S/C21H22F3N3O2S/c1-12(18-9-25-20(30-18)29-11-21(22,23)24)26-19(28)8-13-7-15(13)16-10-27(2)17-6-4-3-5-14(16)17/h3-6,9-10,12-13,15H,7-8,11H2,1-2H3,(H,26,28)/t12-,13+,15+/m1/s1. The maximum Gasteiger partial charge on any atom is 0.422 e. The van der Waals surface area contributed by atoms with Gasteiger partial charge in [-0.05, 0) is 36.8 Å². The van der Waals surface area contributed by atoms with Crippen LogP contribution in [0, 0.1) is 5.92 Å². The SMILES string of the molecule is C[C@@H](NC(=O)C[C@@H]1C[C@@H]1c1cn(C)c2ccccc12)c1cnc(OCC(F)(F)F)s1. The van der Waals surface area contributed by atoms with Gasteiger partial charge in [0.2, 0.25) is 5.91 Å². The number of hydrogen-bond acceptors (Lipinski definition) is 4. The van der Waals surface area contributed by atoms with Crippen molar-refractivity contribution in [3.8, 4) is 5.19 Å². The number of ether oxygens (including phenoxy) is 1. The number of amides is 1. The molecule has 160 valence electrons. The van der Waals surface area contributed by atoms with Crippen LogP contribution in [0.3, 0.4) is 0 Å². The van der Waals surface area contributed by atoms with E-state index >= 15 is 0 Å². The summed E-state index contributed by atoms with van der Waals surface area (Å²) in [6.07, 6.45) is 0.587. The monoisotopic (exact) mass is 437 g/mol. The van der Waals surface area contributed by atoms with E-state index in [4.69, 9.17) is 0 Å². The van der Waals surface area contributed by atoms with Crippen LogP contribution in [-0.2, 0) is 11.8 Å². The van der Waals surface area contributed by atoms with Crippen LogP contribution >= 0.6 is 11.3 Å². The number of aromatic nitrogens is 2. The van der Waals surface area contributed by atoms with Gasteiger partial charge in [0.1, 0.15) is 0 Å². The fourth-order valence-electron chi connectivity index (χ4n) is 3.81. The van der Waals surface area contributed by atoms with Gasteiger partial charge in [-0.1, -0.05) is 29.5 Å². The fraction of sp³-hybridized carbons (Fsp3) is 0.429. The van der Waals surface area contributed by atoms with E-state index in [1.807, 2.05) is 19.2 Å².